The predicted octanol–water partition coefficient (Wildman–Crippen LogP) is 4.13. The number of aliphatic hydroxyl groups excluding tert-OH is 2. The van der Waals surface area contributed by atoms with E-state index in [-0.39, 0.29) is 0 Å². The van der Waals surface area contributed by atoms with Crippen LogP contribution in [0.15, 0.2) is 66.7 Å². The Morgan fingerprint density at radius 1 is 0.800 bits per heavy atom. The third-order valence-electron chi connectivity index (χ3n) is 5.94. The topological polar surface area (TPSA) is 62.2 Å². The van der Waals surface area contributed by atoms with Gasteiger partial charge in [-0.1, -0.05) is 54.6 Å². The molecule has 2 unspecified atom stereocenters. The van der Waals surface area contributed by atoms with E-state index in [1.807, 2.05) is 71.6 Å². The van der Waals surface area contributed by atoms with E-state index in [0.717, 1.165) is 39.1 Å². The van der Waals surface area contributed by atoms with E-state index in [0.29, 0.717) is 18.0 Å². The van der Waals surface area contributed by atoms with Gasteiger partial charge in [-0.25, -0.2) is 0 Å². The summed E-state index contributed by atoms with van der Waals surface area (Å²) in [7, 11) is 3.18. The van der Waals surface area contributed by atoms with Crippen LogP contribution >= 0.6 is 0 Å². The maximum Gasteiger partial charge on any atom is 0.161 e. The summed E-state index contributed by atoms with van der Waals surface area (Å²) < 4.78 is 11.0. The second kappa shape index (κ2) is 7.20. The lowest BCUT2D eigenvalue weighted by molar-refractivity contribution is 0.0375. The van der Waals surface area contributed by atoms with Gasteiger partial charge in [0.05, 0.1) is 19.9 Å². The zero-order chi connectivity index (χ0) is 20.8. The van der Waals surface area contributed by atoms with E-state index >= 15 is 0 Å². The molecule has 0 saturated heterocycles. The molecule has 0 amide bonds. The number of methoxy groups -OCH3 is 2. The highest BCUT2D eigenvalue weighted by atomic mass is 16.5. The number of rotatable bonds is 4. The minimum Gasteiger partial charge on any atom is -0.493 e. The van der Waals surface area contributed by atoms with Crippen LogP contribution in [0.4, 0.5) is 0 Å². The van der Waals surface area contributed by atoms with Gasteiger partial charge in [-0.3, -0.25) is 0 Å². The highest BCUT2D eigenvalue weighted by Crippen LogP contribution is 2.55. The van der Waals surface area contributed by atoms with Gasteiger partial charge in [0.25, 0.3) is 0 Å². The van der Waals surface area contributed by atoms with Crippen LogP contribution in [0.5, 0.6) is 11.5 Å². The van der Waals surface area contributed by atoms with Gasteiger partial charge >= 0.3 is 0 Å². The van der Waals surface area contributed by atoms with Gasteiger partial charge < -0.3 is 24.6 Å². The fourth-order valence-corrected chi connectivity index (χ4v) is 4.54. The van der Waals surface area contributed by atoms with Gasteiger partial charge in [-0.15, -0.1) is 0 Å². The molecule has 3 aromatic carbocycles. The summed E-state index contributed by atoms with van der Waals surface area (Å²) >= 11 is 0. The third kappa shape index (κ3) is 2.70. The summed E-state index contributed by atoms with van der Waals surface area (Å²) in [5.41, 5.74) is 5.96. The summed E-state index contributed by atoms with van der Waals surface area (Å²) in [6.45, 7) is 0.510. The largest absolute Gasteiger partial charge is 0.493 e. The van der Waals surface area contributed by atoms with E-state index in [2.05, 4.69) is 0 Å². The number of ether oxygens (including phenoxy) is 2. The van der Waals surface area contributed by atoms with Gasteiger partial charge in [0.1, 0.15) is 6.10 Å². The average Bonchev–Trinajstić information content (AvgIpc) is 3.08. The molecular formula is C25H23NO4. The predicted molar refractivity (Wildman–Crippen MR) is 115 cm³/mol. The maximum absolute atomic E-state index is 11.3. The highest BCUT2D eigenvalue weighted by Gasteiger charge is 2.41. The van der Waals surface area contributed by atoms with Crippen molar-refractivity contribution in [3.05, 3.63) is 94.5 Å². The van der Waals surface area contributed by atoms with Gasteiger partial charge in [0.2, 0.25) is 0 Å². The molecule has 0 saturated carbocycles. The first kappa shape index (κ1) is 18.7. The smallest absolute Gasteiger partial charge is 0.161 e. The van der Waals surface area contributed by atoms with Gasteiger partial charge in [0.15, 0.2) is 17.7 Å². The van der Waals surface area contributed by atoms with Gasteiger partial charge in [-0.2, -0.15) is 0 Å². The molecule has 3 aromatic rings. The first-order valence-electron chi connectivity index (χ1n) is 9.90. The third-order valence-corrected chi connectivity index (χ3v) is 5.94. The van der Waals surface area contributed by atoms with Crippen LogP contribution < -0.4 is 9.47 Å². The van der Waals surface area contributed by atoms with Crippen LogP contribution in [0.2, 0.25) is 0 Å². The van der Waals surface area contributed by atoms with Crippen molar-refractivity contribution in [2.75, 3.05) is 14.2 Å². The highest BCUT2D eigenvalue weighted by molar-refractivity contribution is 6.00. The molecule has 0 bridgehead atoms. The second-order valence-electron chi connectivity index (χ2n) is 7.53. The lowest BCUT2D eigenvalue weighted by atomic mass is 9.91. The van der Waals surface area contributed by atoms with Crippen molar-refractivity contribution in [2.24, 2.45) is 0 Å². The Kier molecular flexibility index (Phi) is 4.50. The Labute approximate surface area is 175 Å². The molecule has 2 aliphatic rings. The molecule has 5 rings (SSSR count). The van der Waals surface area contributed by atoms with Crippen molar-refractivity contribution in [3.63, 3.8) is 0 Å². The Morgan fingerprint density at radius 3 is 2.20 bits per heavy atom. The Hall–Kier alpha value is -3.28. The minimum absolute atomic E-state index is 0.510. The van der Waals surface area contributed by atoms with Crippen molar-refractivity contribution >= 4 is 11.3 Å². The van der Waals surface area contributed by atoms with Crippen LogP contribution in [0.25, 0.3) is 11.3 Å². The van der Waals surface area contributed by atoms with Crippen molar-refractivity contribution in [1.82, 2.24) is 4.90 Å². The standard InChI is InChI=1S/C25H23NO4/c1-29-20-12-18-19(13-21(20)30-2)24(27)22-16-10-6-7-11-17(16)25(28)26(23(18)22)14-15-8-4-3-5-9-15/h3-13,24-25,27-28H,14H2,1-2H3. The van der Waals surface area contributed by atoms with E-state index in [1.165, 1.54) is 0 Å². The first-order chi connectivity index (χ1) is 14.6. The van der Waals surface area contributed by atoms with E-state index in [1.54, 1.807) is 14.2 Å². The molecule has 1 heterocycles. The first-order valence-corrected chi connectivity index (χ1v) is 9.90. The molecule has 152 valence electrons. The summed E-state index contributed by atoms with van der Waals surface area (Å²) in [6, 6.07) is 21.4. The van der Waals surface area contributed by atoms with Crippen LogP contribution in [0, 0.1) is 0 Å². The average molecular weight is 401 g/mol. The van der Waals surface area contributed by atoms with Crippen molar-refractivity contribution < 1.29 is 19.7 Å². The van der Waals surface area contributed by atoms with E-state index in [9.17, 15) is 10.2 Å². The van der Waals surface area contributed by atoms with Gasteiger partial charge in [0, 0.05) is 23.2 Å². The van der Waals surface area contributed by atoms with E-state index < -0.39 is 12.3 Å². The molecule has 5 heteroatoms. The Bertz CT molecular complexity index is 1140. The Morgan fingerprint density at radius 2 is 1.47 bits per heavy atom. The molecule has 1 aliphatic heterocycles. The lowest BCUT2D eigenvalue weighted by Gasteiger charge is -2.38. The Balaban J connectivity index is 1.74. The lowest BCUT2D eigenvalue weighted by Crippen LogP contribution is -2.31. The number of fused-ring (bicyclic) bond motifs is 4. The fraction of sp³-hybridized carbons (Fsp3) is 0.200. The second-order valence-corrected chi connectivity index (χ2v) is 7.53. The molecule has 1 aliphatic carbocycles. The molecule has 5 nitrogen and oxygen atoms in total. The SMILES string of the molecule is COc1cc2c(cc1OC)C(O)C1=C2N(Cc2ccccc2)C(O)c2ccccc21. The van der Waals surface area contributed by atoms with Crippen molar-refractivity contribution in [1.29, 1.82) is 0 Å². The van der Waals surface area contributed by atoms with Crippen molar-refractivity contribution in [2.45, 2.75) is 18.9 Å². The number of benzene rings is 3. The molecule has 2 atom stereocenters. The molecule has 0 spiro atoms. The number of hydrogen-bond donors (Lipinski definition) is 2. The quantitative estimate of drug-likeness (QED) is 0.689. The minimum atomic E-state index is -0.827. The maximum atomic E-state index is 11.3. The summed E-state index contributed by atoms with van der Waals surface area (Å²) in [4.78, 5) is 1.95. The summed E-state index contributed by atoms with van der Waals surface area (Å²) in [5, 5.41) is 22.6. The summed E-state index contributed by atoms with van der Waals surface area (Å²) in [6.07, 6.45) is -1.65. The molecular weight excluding hydrogens is 378 g/mol. The fourth-order valence-electron chi connectivity index (χ4n) is 4.54. The zero-order valence-corrected chi connectivity index (χ0v) is 16.9. The zero-order valence-electron chi connectivity index (χ0n) is 16.9. The molecule has 0 radical (unpaired) electrons. The normalized spacial score (nSPS) is 19.3. The molecule has 0 aromatic heterocycles. The summed E-state index contributed by atoms with van der Waals surface area (Å²) in [5.74, 6) is 1.16. The molecule has 0 fully saturated rings. The van der Waals surface area contributed by atoms with Crippen LogP contribution in [0.3, 0.4) is 0 Å². The molecule has 2 N–H and O–H groups in total. The van der Waals surface area contributed by atoms with Crippen LogP contribution in [-0.4, -0.2) is 29.3 Å². The number of aliphatic hydroxyl groups is 2. The molecule has 30 heavy (non-hydrogen) atoms. The van der Waals surface area contributed by atoms with E-state index in [4.69, 9.17) is 9.47 Å². The van der Waals surface area contributed by atoms with Crippen LogP contribution in [-0.2, 0) is 6.54 Å². The van der Waals surface area contributed by atoms with Crippen molar-refractivity contribution in [3.8, 4) is 11.5 Å². The number of hydrogen-bond acceptors (Lipinski definition) is 5. The number of nitrogens with zero attached hydrogens (tertiary/aromatic N) is 1. The van der Waals surface area contributed by atoms with Gasteiger partial charge in [-0.05, 0) is 28.8 Å². The van der Waals surface area contributed by atoms with Crippen LogP contribution in [0.1, 0.15) is 40.1 Å². The monoisotopic (exact) mass is 401 g/mol.